The highest BCUT2D eigenvalue weighted by atomic mass is 16.5. The molecule has 5 nitrogen and oxygen atoms in total. The summed E-state index contributed by atoms with van der Waals surface area (Å²) in [5.41, 5.74) is 3.17. The minimum Gasteiger partial charge on any atom is -0.481 e. The SMILES string of the molecule is COCC1(c2ccc(Oc3ncccc3-c3cccnc3OC)cc2)CC1. The Balaban J connectivity index is 1.61. The van der Waals surface area contributed by atoms with Crippen LogP contribution in [0.1, 0.15) is 18.4 Å². The quantitative estimate of drug-likeness (QED) is 0.614. The number of nitrogens with zero attached hydrogens (tertiary/aromatic N) is 2. The molecule has 2 aromatic heterocycles. The largest absolute Gasteiger partial charge is 0.481 e. The first-order chi connectivity index (χ1) is 13.3. The number of hydrogen-bond donors (Lipinski definition) is 0. The van der Waals surface area contributed by atoms with Gasteiger partial charge >= 0.3 is 0 Å². The molecule has 138 valence electrons. The summed E-state index contributed by atoms with van der Waals surface area (Å²) in [7, 11) is 3.36. The summed E-state index contributed by atoms with van der Waals surface area (Å²) in [6, 6.07) is 15.9. The summed E-state index contributed by atoms with van der Waals surface area (Å²) in [6.45, 7) is 0.762. The lowest BCUT2D eigenvalue weighted by molar-refractivity contribution is 0.171. The smallest absolute Gasteiger partial charge is 0.227 e. The van der Waals surface area contributed by atoms with Crippen molar-refractivity contribution >= 4 is 0 Å². The molecule has 3 aromatic rings. The van der Waals surface area contributed by atoms with Crippen molar-refractivity contribution in [3.63, 3.8) is 0 Å². The number of methoxy groups -OCH3 is 2. The van der Waals surface area contributed by atoms with Gasteiger partial charge in [-0.05, 0) is 54.8 Å². The molecule has 1 aliphatic carbocycles. The van der Waals surface area contributed by atoms with Gasteiger partial charge in [0.2, 0.25) is 11.8 Å². The highest BCUT2D eigenvalue weighted by Crippen LogP contribution is 2.48. The van der Waals surface area contributed by atoms with E-state index in [9.17, 15) is 0 Å². The molecule has 0 atom stereocenters. The highest BCUT2D eigenvalue weighted by Gasteiger charge is 2.44. The number of pyridine rings is 2. The molecule has 1 aromatic carbocycles. The van der Waals surface area contributed by atoms with E-state index in [4.69, 9.17) is 14.2 Å². The van der Waals surface area contributed by atoms with Crippen molar-refractivity contribution < 1.29 is 14.2 Å². The summed E-state index contributed by atoms with van der Waals surface area (Å²) in [6.07, 6.45) is 5.76. The first-order valence-electron chi connectivity index (χ1n) is 8.97. The van der Waals surface area contributed by atoms with E-state index >= 15 is 0 Å². The summed E-state index contributed by atoms with van der Waals surface area (Å²) in [5.74, 6) is 1.81. The van der Waals surface area contributed by atoms with Crippen molar-refractivity contribution in [1.82, 2.24) is 9.97 Å². The van der Waals surface area contributed by atoms with Crippen LogP contribution in [0.3, 0.4) is 0 Å². The van der Waals surface area contributed by atoms with Crippen LogP contribution in [-0.2, 0) is 10.2 Å². The van der Waals surface area contributed by atoms with Gasteiger partial charge in [-0.15, -0.1) is 0 Å². The molecule has 1 aliphatic rings. The van der Waals surface area contributed by atoms with Gasteiger partial charge in [0.1, 0.15) is 5.75 Å². The average molecular weight is 362 g/mol. The van der Waals surface area contributed by atoms with Gasteiger partial charge in [0.25, 0.3) is 0 Å². The first-order valence-corrected chi connectivity index (χ1v) is 8.97. The second kappa shape index (κ2) is 7.37. The van der Waals surface area contributed by atoms with Crippen LogP contribution < -0.4 is 9.47 Å². The maximum absolute atomic E-state index is 6.09. The third-order valence-corrected chi connectivity index (χ3v) is 4.98. The number of hydrogen-bond acceptors (Lipinski definition) is 5. The Morgan fingerprint density at radius 3 is 2.07 bits per heavy atom. The molecular weight excluding hydrogens is 340 g/mol. The van der Waals surface area contributed by atoms with Crippen LogP contribution in [-0.4, -0.2) is 30.8 Å². The van der Waals surface area contributed by atoms with Crippen LogP contribution in [0, 0.1) is 0 Å². The van der Waals surface area contributed by atoms with E-state index < -0.39 is 0 Å². The molecular formula is C22H22N2O3. The van der Waals surface area contributed by atoms with Crippen molar-refractivity contribution in [3.8, 4) is 28.6 Å². The Morgan fingerprint density at radius 2 is 1.48 bits per heavy atom. The molecule has 27 heavy (non-hydrogen) atoms. The summed E-state index contributed by atoms with van der Waals surface area (Å²) < 4.78 is 16.8. The minimum atomic E-state index is 0.187. The fraction of sp³-hybridized carbons (Fsp3) is 0.273. The zero-order chi connectivity index (χ0) is 18.7. The standard InChI is InChI=1S/C22H22N2O3/c1-25-15-22(11-12-22)16-7-9-17(10-8-16)27-21-19(6-4-14-24-21)18-5-3-13-23-20(18)26-2/h3-10,13-14H,11-12,15H2,1-2H3. The van der Waals surface area contributed by atoms with E-state index in [0.29, 0.717) is 11.8 Å². The van der Waals surface area contributed by atoms with E-state index in [1.54, 1.807) is 26.6 Å². The van der Waals surface area contributed by atoms with Gasteiger partial charge in [0.05, 0.1) is 13.7 Å². The lowest BCUT2D eigenvalue weighted by atomic mass is 9.97. The highest BCUT2D eigenvalue weighted by molar-refractivity contribution is 5.73. The van der Waals surface area contributed by atoms with Crippen LogP contribution in [0.25, 0.3) is 11.1 Å². The molecule has 0 aliphatic heterocycles. The van der Waals surface area contributed by atoms with Crippen molar-refractivity contribution in [2.24, 2.45) is 0 Å². The molecule has 2 heterocycles. The summed E-state index contributed by atoms with van der Waals surface area (Å²) in [4.78, 5) is 8.68. The molecule has 0 amide bonds. The molecule has 0 radical (unpaired) electrons. The molecule has 5 heteroatoms. The number of benzene rings is 1. The molecule has 1 fully saturated rings. The van der Waals surface area contributed by atoms with Gasteiger partial charge in [0, 0.05) is 36.0 Å². The van der Waals surface area contributed by atoms with E-state index in [2.05, 4.69) is 22.1 Å². The number of ether oxygens (including phenoxy) is 3. The Hall–Kier alpha value is -2.92. The van der Waals surface area contributed by atoms with E-state index in [1.165, 1.54) is 18.4 Å². The van der Waals surface area contributed by atoms with Gasteiger partial charge in [-0.2, -0.15) is 0 Å². The van der Waals surface area contributed by atoms with Gasteiger partial charge in [-0.3, -0.25) is 0 Å². The van der Waals surface area contributed by atoms with Crippen LogP contribution in [0.5, 0.6) is 17.5 Å². The molecule has 0 saturated heterocycles. The maximum atomic E-state index is 6.09. The Labute approximate surface area is 159 Å². The predicted molar refractivity (Wildman–Crippen MR) is 103 cm³/mol. The molecule has 4 rings (SSSR count). The number of aromatic nitrogens is 2. The fourth-order valence-electron chi connectivity index (χ4n) is 3.37. The third kappa shape index (κ3) is 3.51. The summed E-state index contributed by atoms with van der Waals surface area (Å²) in [5, 5.41) is 0. The molecule has 0 unspecified atom stereocenters. The van der Waals surface area contributed by atoms with E-state index in [1.807, 2.05) is 36.4 Å². The van der Waals surface area contributed by atoms with Gasteiger partial charge < -0.3 is 14.2 Å². The fourth-order valence-corrected chi connectivity index (χ4v) is 3.37. The molecule has 0 spiro atoms. The van der Waals surface area contributed by atoms with Crippen LogP contribution >= 0.6 is 0 Å². The Morgan fingerprint density at radius 1 is 0.852 bits per heavy atom. The maximum Gasteiger partial charge on any atom is 0.227 e. The van der Waals surface area contributed by atoms with Crippen molar-refractivity contribution in [2.75, 3.05) is 20.8 Å². The van der Waals surface area contributed by atoms with E-state index in [0.717, 1.165) is 23.5 Å². The van der Waals surface area contributed by atoms with Crippen molar-refractivity contribution in [2.45, 2.75) is 18.3 Å². The average Bonchev–Trinajstić information content (AvgIpc) is 3.50. The lowest BCUT2D eigenvalue weighted by Gasteiger charge is -2.15. The zero-order valence-corrected chi connectivity index (χ0v) is 15.5. The second-order valence-corrected chi connectivity index (χ2v) is 6.76. The van der Waals surface area contributed by atoms with Gasteiger partial charge in [0.15, 0.2) is 0 Å². The Bertz CT molecular complexity index is 921. The van der Waals surface area contributed by atoms with Crippen LogP contribution in [0.2, 0.25) is 0 Å². The monoisotopic (exact) mass is 362 g/mol. The minimum absolute atomic E-state index is 0.187. The van der Waals surface area contributed by atoms with Crippen LogP contribution in [0.4, 0.5) is 0 Å². The van der Waals surface area contributed by atoms with Crippen LogP contribution in [0.15, 0.2) is 60.9 Å². The zero-order valence-electron chi connectivity index (χ0n) is 15.5. The number of rotatable bonds is 7. The third-order valence-electron chi connectivity index (χ3n) is 4.98. The molecule has 0 bridgehead atoms. The molecule has 0 N–H and O–H groups in total. The van der Waals surface area contributed by atoms with Gasteiger partial charge in [-0.25, -0.2) is 9.97 Å². The van der Waals surface area contributed by atoms with E-state index in [-0.39, 0.29) is 5.41 Å². The summed E-state index contributed by atoms with van der Waals surface area (Å²) >= 11 is 0. The molecule has 1 saturated carbocycles. The second-order valence-electron chi connectivity index (χ2n) is 6.76. The van der Waals surface area contributed by atoms with Gasteiger partial charge in [-0.1, -0.05) is 12.1 Å². The topological polar surface area (TPSA) is 53.5 Å². The first kappa shape index (κ1) is 17.5. The van der Waals surface area contributed by atoms with Crippen molar-refractivity contribution in [3.05, 3.63) is 66.5 Å². The lowest BCUT2D eigenvalue weighted by Crippen LogP contribution is -2.13. The Kier molecular flexibility index (Phi) is 4.77. The van der Waals surface area contributed by atoms with Crippen molar-refractivity contribution in [1.29, 1.82) is 0 Å². The predicted octanol–water partition coefficient (Wildman–Crippen LogP) is 4.62. The normalized spacial score (nSPS) is 14.6.